The zero-order chi connectivity index (χ0) is 52.9. The van der Waals surface area contributed by atoms with E-state index in [1.54, 1.807) is 0 Å². The molecule has 1 atom stereocenters. The van der Waals surface area contributed by atoms with Gasteiger partial charge in [-0.3, -0.25) is 14.4 Å². The third-order valence-corrected chi connectivity index (χ3v) is 11.8. The lowest BCUT2D eigenvalue weighted by Crippen LogP contribution is -2.30. The zero-order valence-corrected chi connectivity index (χ0v) is 46.8. The van der Waals surface area contributed by atoms with Gasteiger partial charge in [-0.15, -0.1) is 0 Å². The molecule has 0 aromatic carbocycles. The summed E-state index contributed by atoms with van der Waals surface area (Å²) in [5.74, 6) is -1.02. The molecule has 0 aromatic rings. The first-order valence-corrected chi connectivity index (χ1v) is 29.3. The summed E-state index contributed by atoms with van der Waals surface area (Å²) in [5, 5.41) is 0. The average molecular weight is 1010 g/mol. The Morgan fingerprint density at radius 3 is 0.849 bits per heavy atom. The quantitative estimate of drug-likeness (QED) is 0.0261. The molecule has 0 bridgehead atoms. The smallest absolute Gasteiger partial charge is 0.306 e. The van der Waals surface area contributed by atoms with Gasteiger partial charge in [0.05, 0.1) is 0 Å². The number of hydrogen-bond acceptors (Lipinski definition) is 6. The second-order valence-electron chi connectivity index (χ2n) is 18.8. The highest BCUT2D eigenvalue weighted by atomic mass is 16.6. The Balaban J connectivity index is 4.42. The third-order valence-electron chi connectivity index (χ3n) is 11.8. The number of rotatable bonds is 51. The largest absolute Gasteiger partial charge is 0.462 e. The number of ether oxygens (including phenoxy) is 3. The van der Waals surface area contributed by atoms with E-state index in [1.165, 1.54) is 57.8 Å². The molecule has 73 heavy (non-hydrogen) atoms. The number of carbonyl (C=O) groups is 3. The maximum atomic E-state index is 12.9. The van der Waals surface area contributed by atoms with Crippen LogP contribution in [0.15, 0.2) is 146 Å². The van der Waals surface area contributed by atoms with Crippen LogP contribution in [0.25, 0.3) is 0 Å². The van der Waals surface area contributed by atoms with Crippen LogP contribution < -0.4 is 0 Å². The molecule has 0 aliphatic heterocycles. The molecule has 0 saturated heterocycles. The fourth-order valence-corrected chi connectivity index (χ4v) is 7.56. The van der Waals surface area contributed by atoms with E-state index in [-0.39, 0.29) is 37.5 Å². The summed E-state index contributed by atoms with van der Waals surface area (Å²) in [7, 11) is 0. The molecule has 6 heteroatoms. The molecule has 0 aliphatic carbocycles. The predicted molar refractivity (Wildman–Crippen MR) is 315 cm³/mol. The second kappa shape index (κ2) is 59.8. The molecule has 410 valence electrons. The summed E-state index contributed by atoms with van der Waals surface area (Å²) < 4.78 is 16.8. The monoisotopic (exact) mass is 1010 g/mol. The van der Waals surface area contributed by atoms with Crippen LogP contribution in [0.5, 0.6) is 0 Å². The van der Waals surface area contributed by atoms with Gasteiger partial charge in [0.15, 0.2) is 6.10 Å². The van der Waals surface area contributed by atoms with Gasteiger partial charge in [0.1, 0.15) is 13.2 Å². The molecule has 0 radical (unpaired) electrons. The molecule has 1 unspecified atom stereocenters. The SMILES string of the molecule is CC/C=C\C/C=C\C/C=C\C/C=C\C/C=C\CCCCCCCCCCCC(=O)OCC(COC(=O)CC/C=C\C/C=C\C/C=C\C/C=C\CC)OC(=O)CCCCCCCCC/C=C\C/C=C\C/C=C\CC. The van der Waals surface area contributed by atoms with Crippen molar-refractivity contribution in [3.8, 4) is 0 Å². The average Bonchev–Trinajstić information content (AvgIpc) is 3.39. The maximum absolute atomic E-state index is 12.9. The Bertz CT molecular complexity index is 1630. The lowest BCUT2D eigenvalue weighted by Gasteiger charge is -2.18. The fraction of sp³-hybridized carbons (Fsp3) is 0.597. The van der Waals surface area contributed by atoms with Crippen molar-refractivity contribution >= 4 is 17.9 Å². The van der Waals surface area contributed by atoms with Crippen molar-refractivity contribution < 1.29 is 28.6 Å². The lowest BCUT2D eigenvalue weighted by atomic mass is 10.1. The Morgan fingerprint density at radius 1 is 0.274 bits per heavy atom. The summed E-state index contributed by atoms with van der Waals surface area (Å²) in [6, 6.07) is 0. The first-order chi connectivity index (χ1) is 36.0. The molecule has 0 saturated carbocycles. The molecule has 0 amide bonds. The van der Waals surface area contributed by atoms with E-state index in [0.29, 0.717) is 19.3 Å². The van der Waals surface area contributed by atoms with Gasteiger partial charge in [-0.05, 0) is 122 Å². The lowest BCUT2D eigenvalue weighted by molar-refractivity contribution is -0.166. The molecule has 0 aromatic heterocycles. The fourth-order valence-electron chi connectivity index (χ4n) is 7.56. The first kappa shape index (κ1) is 68.3. The van der Waals surface area contributed by atoms with Gasteiger partial charge in [0, 0.05) is 19.3 Å². The van der Waals surface area contributed by atoms with E-state index in [2.05, 4.69) is 154 Å². The Kier molecular flexibility index (Phi) is 56.0. The standard InChI is InChI=1S/C67H106O6/c1-4-7-10-13-16-19-22-25-27-29-30-31-32-33-34-35-36-38-39-42-45-48-51-54-57-60-66(69)72-63-64(62-71-65(68)59-56-53-50-47-44-41-24-21-18-15-12-9-6-3)73-67(70)61-58-55-52-49-46-43-40-37-28-26-23-20-17-14-11-8-5-2/h7-12,16-21,25-28,30-31,33-34,41,44,50,53,64H,4-6,13-15,22-24,29,32,35-40,42-43,45-49,51-52,54-63H2,1-3H3/b10-7-,11-8-,12-9-,19-16-,20-17-,21-18-,27-25-,28-26-,31-30-,34-33-,44-41-,53-50-. The molecule has 0 spiro atoms. The van der Waals surface area contributed by atoms with Crippen molar-refractivity contribution in [2.75, 3.05) is 13.2 Å². The number of hydrogen-bond donors (Lipinski definition) is 0. The molecule has 0 fully saturated rings. The molecule has 0 aliphatic rings. The van der Waals surface area contributed by atoms with Crippen LogP contribution >= 0.6 is 0 Å². The van der Waals surface area contributed by atoms with Gasteiger partial charge < -0.3 is 14.2 Å². The molecule has 0 rings (SSSR count). The highest BCUT2D eigenvalue weighted by Crippen LogP contribution is 2.14. The van der Waals surface area contributed by atoms with Crippen molar-refractivity contribution in [1.82, 2.24) is 0 Å². The second-order valence-corrected chi connectivity index (χ2v) is 18.8. The summed E-state index contributed by atoms with van der Waals surface area (Å²) in [6.45, 7) is 6.21. The molecule has 0 heterocycles. The van der Waals surface area contributed by atoms with Crippen LogP contribution in [0.3, 0.4) is 0 Å². The van der Waals surface area contributed by atoms with E-state index in [1.807, 2.05) is 12.2 Å². The van der Waals surface area contributed by atoms with Crippen molar-refractivity contribution in [2.24, 2.45) is 0 Å². The highest BCUT2D eigenvalue weighted by Gasteiger charge is 2.19. The Hall–Kier alpha value is -4.71. The normalized spacial score (nSPS) is 13.2. The van der Waals surface area contributed by atoms with E-state index in [4.69, 9.17) is 14.2 Å². The number of esters is 3. The summed E-state index contributed by atoms with van der Waals surface area (Å²) in [5.41, 5.74) is 0. The molecular formula is C67H106O6. The van der Waals surface area contributed by atoms with Crippen LogP contribution in [-0.4, -0.2) is 37.2 Å². The predicted octanol–water partition coefficient (Wildman–Crippen LogP) is 20.0. The summed E-state index contributed by atoms with van der Waals surface area (Å²) in [4.78, 5) is 38.1. The zero-order valence-electron chi connectivity index (χ0n) is 46.8. The van der Waals surface area contributed by atoms with Crippen molar-refractivity contribution in [3.05, 3.63) is 146 Å². The van der Waals surface area contributed by atoms with Gasteiger partial charge in [0.25, 0.3) is 0 Å². The topological polar surface area (TPSA) is 78.9 Å². The van der Waals surface area contributed by atoms with E-state index in [0.717, 1.165) is 135 Å². The van der Waals surface area contributed by atoms with Gasteiger partial charge in [0.2, 0.25) is 0 Å². The van der Waals surface area contributed by atoms with Gasteiger partial charge >= 0.3 is 17.9 Å². The minimum Gasteiger partial charge on any atom is -0.462 e. The van der Waals surface area contributed by atoms with Gasteiger partial charge in [-0.1, -0.05) is 244 Å². The summed E-state index contributed by atoms with van der Waals surface area (Å²) >= 11 is 0. The molecular weight excluding hydrogens is 901 g/mol. The van der Waals surface area contributed by atoms with Crippen molar-refractivity contribution in [1.29, 1.82) is 0 Å². The van der Waals surface area contributed by atoms with E-state index < -0.39 is 6.10 Å². The summed E-state index contributed by atoms with van der Waals surface area (Å²) in [6.07, 6.45) is 85.7. The number of carbonyl (C=O) groups excluding carboxylic acids is 3. The van der Waals surface area contributed by atoms with Gasteiger partial charge in [-0.2, -0.15) is 0 Å². The minimum atomic E-state index is -0.821. The Morgan fingerprint density at radius 2 is 0.521 bits per heavy atom. The maximum Gasteiger partial charge on any atom is 0.306 e. The highest BCUT2D eigenvalue weighted by molar-refractivity contribution is 5.71. The number of allylic oxidation sites excluding steroid dienone is 24. The third kappa shape index (κ3) is 58.1. The first-order valence-electron chi connectivity index (χ1n) is 29.3. The van der Waals surface area contributed by atoms with Crippen LogP contribution in [0, 0.1) is 0 Å². The Labute approximate surface area is 448 Å². The van der Waals surface area contributed by atoms with Crippen LogP contribution in [0.4, 0.5) is 0 Å². The number of unbranched alkanes of at least 4 members (excludes halogenated alkanes) is 16. The minimum absolute atomic E-state index is 0.113. The van der Waals surface area contributed by atoms with Crippen molar-refractivity contribution in [2.45, 2.75) is 245 Å². The molecule has 6 nitrogen and oxygen atoms in total. The van der Waals surface area contributed by atoms with E-state index >= 15 is 0 Å². The van der Waals surface area contributed by atoms with Crippen LogP contribution in [0.1, 0.15) is 239 Å². The molecule has 0 N–H and O–H groups in total. The van der Waals surface area contributed by atoms with Crippen LogP contribution in [0.2, 0.25) is 0 Å². The van der Waals surface area contributed by atoms with Gasteiger partial charge in [-0.25, -0.2) is 0 Å². The van der Waals surface area contributed by atoms with Crippen molar-refractivity contribution in [3.63, 3.8) is 0 Å². The van der Waals surface area contributed by atoms with Crippen LogP contribution in [-0.2, 0) is 28.6 Å². The van der Waals surface area contributed by atoms with E-state index in [9.17, 15) is 14.4 Å².